The highest BCUT2D eigenvalue weighted by Gasteiger charge is 2.09. The molecule has 0 saturated carbocycles. The molecule has 0 spiro atoms. The van der Waals surface area contributed by atoms with Crippen LogP contribution in [0.2, 0.25) is 10.0 Å². The molecule has 0 aromatic heterocycles. The third kappa shape index (κ3) is 4.39. The number of aryl methyl sites for hydroxylation is 2. The number of methoxy groups -OCH3 is 1. The summed E-state index contributed by atoms with van der Waals surface area (Å²) in [6.07, 6.45) is 0.883. The van der Waals surface area contributed by atoms with E-state index in [0.717, 1.165) is 11.1 Å². The van der Waals surface area contributed by atoms with Crippen molar-refractivity contribution >= 4 is 34.8 Å². The lowest BCUT2D eigenvalue weighted by Gasteiger charge is -2.11. The van der Waals surface area contributed by atoms with Crippen LogP contribution in [-0.2, 0) is 11.2 Å². The minimum atomic E-state index is -0.0880. The van der Waals surface area contributed by atoms with E-state index in [0.29, 0.717) is 34.3 Å². The number of carbonyl (C=O) groups excluding carboxylic acids is 1. The number of halogens is 2. The Bertz CT molecular complexity index is 686. The average Bonchev–Trinajstić information content (AvgIpc) is 2.46. The van der Waals surface area contributed by atoms with Crippen molar-refractivity contribution in [1.82, 2.24) is 0 Å². The molecule has 0 atom stereocenters. The van der Waals surface area contributed by atoms with Crippen molar-refractivity contribution in [2.45, 2.75) is 19.8 Å². The molecule has 0 aliphatic rings. The molecule has 2 aromatic carbocycles. The summed E-state index contributed by atoms with van der Waals surface area (Å²) in [6.45, 7) is 1.96. The first-order valence-corrected chi connectivity index (χ1v) is 7.63. The molecular weight excluding hydrogens is 321 g/mol. The maximum absolute atomic E-state index is 12.1. The minimum Gasteiger partial charge on any atom is -0.495 e. The van der Waals surface area contributed by atoms with Crippen LogP contribution in [0, 0.1) is 6.92 Å². The number of ether oxygens (including phenoxy) is 1. The Morgan fingerprint density at radius 1 is 1.18 bits per heavy atom. The molecule has 5 heteroatoms. The molecule has 0 bridgehead atoms. The first kappa shape index (κ1) is 16.7. The topological polar surface area (TPSA) is 38.3 Å². The number of anilines is 1. The smallest absolute Gasteiger partial charge is 0.224 e. The Hall–Kier alpha value is -1.71. The normalized spacial score (nSPS) is 10.4. The van der Waals surface area contributed by atoms with Gasteiger partial charge in [-0.05, 0) is 48.7 Å². The monoisotopic (exact) mass is 337 g/mol. The van der Waals surface area contributed by atoms with E-state index in [2.05, 4.69) is 5.32 Å². The Morgan fingerprint density at radius 2 is 1.95 bits per heavy atom. The fourth-order valence-corrected chi connectivity index (χ4v) is 2.61. The van der Waals surface area contributed by atoms with Gasteiger partial charge in [-0.25, -0.2) is 0 Å². The zero-order valence-corrected chi connectivity index (χ0v) is 14.0. The predicted octanol–water partition coefficient (Wildman–Crippen LogP) is 4.88. The summed E-state index contributed by atoms with van der Waals surface area (Å²) in [5.41, 5.74) is 2.63. The van der Waals surface area contributed by atoms with E-state index in [1.165, 1.54) is 0 Å². The van der Waals surface area contributed by atoms with Crippen LogP contribution in [0.15, 0.2) is 36.4 Å². The zero-order chi connectivity index (χ0) is 16.1. The Morgan fingerprint density at radius 3 is 2.64 bits per heavy atom. The lowest BCUT2D eigenvalue weighted by atomic mass is 10.1. The molecule has 0 saturated heterocycles. The van der Waals surface area contributed by atoms with Gasteiger partial charge in [0.25, 0.3) is 0 Å². The highest BCUT2D eigenvalue weighted by atomic mass is 35.5. The second kappa shape index (κ2) is 7.52. The van der Waals surface area contributed by atoms with Crippen molar-refractivity contribution in [2.24, 2.45) is 0 Å². The molecule has 1 N–H and O–H groups in total. The van der Waals surface area contributed by atoms with Crippen LogP contribution in [0.25, 0.3) is 0 Å². The van der Waals surface area contributed by atoms with Crippen molar-refractivity contribution in [3.63, 3.8) is 0 Å². The number of rotatable bonds is 5. The molecule has 22 heavy (non-hydrogen) atoms. The highest BCUT2D eigenvalue weighted by Crippen LogP contribution is 2.26. The summed E-state index contributed by atoms with van der Waals surface area (Å²) in [6, 6.07) is 10.9. The molecule has 0 aliphatic carbocycles. The number of hydrogen-bond donors (Lipinski definition) is 1. The van der Waals surface area contributed by atoms with Gasteiger partial charge in [-0.1, -0.05) is 35.3 Å². The first-order valence-electron chi connectivity index (χ1n) is 6.88. The molecule has 3 nitrogen and oxygen atoms in total. The fourth-order valence-electron chi connectivity index (χ4n) is 2.10. The molecule has 0 heterocycles. The van der Waals surface area contributed by atoms with Gasteiger partial charge in [0.05, 0.1) is 12.8 Å². The molecule has 2 aromatic rings. The van der Waals surface area contributed by atoms with E-state index in [1.54, 1.807) is 19.2 Å². The van der Waals surface area contributed by atoms with Gasteiger partial charge in [-0.15, -0.1) is 0 Å². The summed E-state index contributed by atoms with van der Waals surface area (Å²) >= 11 is 12.0. The minimum absolute atomic E-state index is 0.0880. The van der Waals surface area contributed by atoms with Crippen molar-refractivity contribution < 1.29 is 9.53 Å². The largest absolute Gasteiger partial charge is 0.495 e. The molecule has 1 amide bonds. The number of carbonyl (C=O) groups is 1. The first-order chi connectivity index (χ1) is 10.5. The maximum Gasteiger partial charge on any atom is 0.224 e. The quantitative estimate of drug-likeness (QED) is 0.844. The van der Waals surface area contributed by atoms with E-state index in [9.17, 15) is 4.79 Å². The molecule has 2 rings (SSSR count). The third-order valence-electron chi connectivity index (χ3n) is 3.27. The van der Waals surface area contributed by atoms with Crippen LogP contribution in [-0.4, -0.2) is 13.0 Å². The second-order valence-corrected chi connectivity index (χ2v) is 5.83. The van der Waals surface area contributed by atoms with Crippen molar-refractivity contribution in [3.8, 4) is 5.75 Å². The van der Waals surface area contributed by atoms with E-state index in [4.69, 9.17) is 27.9 Å². The van der Waals surface area contributed by atoms with Gasteiger partial charge in [0.15, 0.2) is 0 Å². The van der Waals surface area contributed by atoms with Crippen LogP contribution >= 0.6 is 23.2 Å². The molecule has 0 unspecified atom stereocenters. The van der Waals surface area contributed by atoms with Crippen molar-refractivity contribution in [2.75, 3.05) is 12.4 Å². The molecule has 0 fully saturated rings. The van der Waals surface area contributed by atoms with Gasteiger partial charge in [0, 0.05) is 16.5 Å². The number of hydrogen-bond acceptors (Lipinski definition) is 2. The summed E-state index contributed by atoms with van der Waals surface area (Å²) in [4.78, 5) is 12.1. The third-order valence-corrected chi connectivity index (χ3v) is 3.85. The van der Waals surface area contributed by atoms with E-state index >= 15 is 0 Å². The van der Waals surface area contributed by atoms with Crippen molar-refractivity contribution in [3.05, 3.63) is 57.6 Å². The van der Waals surface area contributed by atoms with Gasteiger partial charge >= 0.3 is 0 Å². The maximum atomic E-state index is 12.1. The number of nitrogens with one attached hydrogen (secondary N) is 1. The number of benzene rings is 2. The highest BCUT2D eigenvalue weighted by molar-refractivity contribution is 6.35. The fraction of sp³-hybridized carbons (Fsp3) is 0.235. The summed E-state index contributed by atoms with van der Waals surface area (Å²) in [5.74, 6) is 0.554. The van der Waals surface area contributed by atoms with Gasteiger partial charge in [0.2, 0.25) is 5.91 Å². The average molecular weight is 338 g/mol. The van der Waals surface area contributed by atoms with E-state index in [1.807, 2.05) is 31.2 Å². The molecular formula is C17H17Cl2NO2. The van der Waals surface area contributed by atoms with E-state index < -0.39 is 0 Å². The Kier molecular flexibility index (Phi) is 5.69. The molecule has 0 aliphatic heterocycles. The molecule has 0 radical (unpaired) electrons. The lowest BCUT2D eigenvalue weighted by molar-refractivity contribution is -0.116. The standard InChI is InChI=1S/C17H17Cl2NO2/c1-11-3-7-16(22-2)15(9-11)20-17(21)8-5-12-4-6-13(18)10-14(12)19/h3-4,6-7,9-10H,5,8H2,1-2H3,(H,20,21). The van der Waals surface area contributed by atoms with Gasteiger partial charge < -0.3 is 10.1 Å². The molecule has 116 valence electrons. The summed E-state index contributed by atoms with van der Waals surface area (Å²) in [7, 11) is 1.58. The predicted molar refractivity (Wildman–Crippen MR) is 91.1 cm³/mol. The zero-order valence-electron chi connectivity index (χ0n) is 12.5. The van der Waals surface area contributed by atoms with E-state index in [-0.39, 0.29) is 5.91 Å². The van der Waals surface area contributed by atoms with Crippen molar-refractivity contribution in [1.29, 1.82) is 0 Å². The SMILES string of the molecule is COc1ccc(C)cc1NC(=O)CCc1ccc(Cl)cc1Cl. The van der Waals surface area contributed by atoms with Crippen LogP contribution in [0.1, 0.15) is 17.5 Å². The lowest BCUT2D eigenvalue weighted by Crippen LogP contribution is -2.13. The Balaban J connectivity index is 2.00. The summed E-state index contributed by atoms with van der Waals surface area (Å²) < 4.78 is 5.25. The van der Waals surface area contributed by atoms with Gasteiger partial charge in [-0.3, -0.25) is 4.79 Å². The number of amides is 1. The van der Waals surface area contributed by atoms with Crippen LogP contribution in [0.3, 0.4) is 0 Å². The van der Waals surface area contributed by atoms with Gasteiger partial charge in [0.1, 0.15) is 5.75 Å². The van der Waals surface area contributed by atoms with Crippen LogP contribution < -0.4 is 10.1 Å². The van der Waals surface area contributed by atoms with Crippen LogP contribution in [0.4, 0.5) is 5.69 Å². The Labute approximate surface area is 140 Å². The van der Waals surface area contributed by atoms with Crippen LogP contribution in [0.5, 0.6) is 5.75 Å². The summed E-state index contributed by atoms with van der Waals surface area (Å²) in [5, 5.41) is 4.03. The van der Waals surface area contributed by atoms with Gasteiger partial charge in [-0.2, -0.15) is 0 Å². The second-order valence-electron chi connectivity index (χ2n) is 4.99.